The Kier molecular flexibility index (Phi) is 11.7. The van der Waals surface area contributed by atoms with Gasteiger partial charge in [-0.3, -0.25) is 4.79 Å². The van der Waals surface area contributed by atoms with Gasteiger partial charge >= 0.3 is 5.97 Å². The van der Waals surface area contributed by atoms with Crippen molar-refractivity contribution in [3.63, 3.8) is 0 Å². The van der Waals surface area contributed by atoms with E-state index < -0.39 is 61.3 Å². The minimum Gasteiger partial charge on any atom is -0.454 e. The molecule has 0 aliphatic carbocycles. The lowest BCUT2D eigenvalue weighted by Gasteiger charge is -2.48. The summed E-state index contributed by atoms with van der Waals surface area (Å²) in [7, 11) is 0. The van der Waals surface area contributed by atoms with Gasteiger partial charge in [0, 0.05) is 12.8 Å². The first kappa shape index (κ1) is 33.2. The van der Waals surface area contributed by atoms with E-state index in [0.717, 1.165) is 16.7 Å². The SMILES string of the molecule is CC(=O)OC1C(O)OC(C)[C@H](OCc2ccccc2)[C@@H]1O[C@@H]1OC(C)[C@H](OCc2ccccc2)[C@H](OCc2ccccc2)C1C. The molecule has 0 spiro atoms. The third-order valence-corrected chi connectivity index (χ3v) is 8.28. The summed E-state index contributed by atoms with van der Waals surface area (Å²) in [6.07, 6.45) is -6.68. The van der Waals surface area contributed by atoms with Crippen molar-refractivity contribution in [2.45, 2.75) is 103 Å². The number of carbonyl (C=O) groups is 1. The van der Waals surface area contributed by atoms with Gasteiger partial charge in [-0.25, -0.2) is 0 Å². The minimum atomic E-state index is -1.41. The van der Waals surface area contributed by atoms with Crippen molar-refractivity contribution in [1.29, 1.82) is 0 Å². The zero-order valence-electron chi connectivity index (χ0n) is 26.3. The maximum absolute atomic E-state index is 12.1. The molecule has 0 saturated carbocycles. The number of carbonyl (C=O) groups excluding carboxylic acids is 1. The molecule has 10 atom stereocenters. The number of aliphatic hydroxyl groups is 1. The summed E-state index contributed by atoms with van der Waals surface area (Å²) >= 11 is 0. The summed E-state index contributed by atoms with van der Waals surface area (Å²) in [6, 6.07) is 29.7. The highest BCUT2D eigenvalue weighted by molar-refractivity contribution is 5.66. The van der Waals surface area contributed by atoms with Crippen molar-refractivity contribution in [3.05, 3.63) is 108 Å². The van der Waals surface area contributed by atoms with Gasteiger partial charge in [-0.1, -0.05) is 97.9 Å². The van der Waals surface area contributed by atoms with E-state index >= 15 is 0 Å². The van der Waals surface area contributed by atoms with Crippen molar-refractivity contribution in [3.8, 4) is 0 Å². The summed E-state index contributed by atoms with van der Waals surface area (Å²) in [4.78, 5) is 12.1. The van der Waals surface area contributed by atoms with Gasteiger partial charge in [-0.05, 0) is 30.5 Å². The van der Waals surface area contributed by atoms with Crippen LogP contribution in [0, 0.1) is 5.92 Å². The average Bonchev–Trinajstić information content (AvgIpc) is 3.04. The first-order chi connectivity index (χ1) is 21.8. The van der Waals surface area contributed by atoms with Gasteiger partial charge in [-0.15, -0.1) is 0 Å². The summed E-state index contributed by atoms with van der Waals surface area (Å²) in [5.74, 6) is -0.884. The number of rotatable bonds is 12. The quantitative estimate of drug-likeness (QED) is 0.275. The Hall–Kier alpha value is -3.15. The van der Waals surface area contributed by atoms with E-state index in [0.29, 0.717) is 13.2 Å². The molecule has 2 fully saturated rings. The molecule has 2 aliphatic rings. The monoisotopic (exact) mass is 620 g/mol. The predicted molar refractivity (Wildman–Crippen MR) is 166 cm³/mol. The van der Waals surface area contributed by atoms with Crippen LogP contribution >= 0.6 is 0 Å². The number of ether oxygens (including phenoxy) is 7. The molecule has 242 valence electrons. The molecule has 2 saturated heterocycles. The fourth-order valence-electron chi connectivity index (χ4n) is 5.92. The van der Waals surface area contributed by atoms with Crippen LogP contribution in [0.25, 0.3) is 0 Å². The Morgan fingerprint density at radius 3 is 1.51 bits per heavy atom. The van der Waals surface area contributed by atoms with E-state index in [1.54, 1.807) is 6.92 Å². The lowest BCUT2D eigenvalue weighted by atomic mass is 9.91. The molecule has 0 radical (unpaired) electrons. The van der Waals surface area contributed by atoms with Gasteiger partial charge in [-0.2, -0.15) is 0 Å². The molecule has 1 N–H and O–H groups in total. The lowest BCUT2D eigenvalue weighted by molar-refractivity contribution is -0.351. The van der Waals surface area contributed by atoms with Crippen LogP contribution in [0.15, 0.2) is 91.0 Å². The Morgan fingerprint density at radius 1 is 0.622 bits per heavy atom. The predicted octanol–water partition coefficient (Wildman–Crippen LogP) is 5.18. The summed E-state index contributed by atoms with van der Waals surface area (Å²) < 4.78 is 43.8. The number of benzene rings is 3. The molecule has 3 aromatic rings. The Morgan fingerprint density at radius 2 is 1.04 bits per heavy atom. The second-order valence-electron chi connectivity index (χ2n) is 11.8. The van der Waals surface area contributed by atoms with Gasteiger partial charge in [0.1, 0.15) is 18.3 Å². The van der Waals surface area contributed by atoms with Crippen LogP contribution in [0.5, 0.6) is 0 Å². The van der Waals surface area contributed by atoms with Gasteiger partial charge in [0.15, 0.2) is 18.7 Å². The topological polar surface area (TPSA) is 102 Å². The number of esters is 1. The van der Waals surface area contributed by atoms with Crippen molar-refractivity contribution >= 4 is 5.97 Å². The third kappa shape index (κ3) is 8.77. The molecule has 9 heteroatoms. The first-order valence-electron chi connectivity index (χ1n) is 15.6. The van der Waals surface area contributed by atoms with E-state index in [4.69, 9.17) is 33.2 Å². The second kappa shape index (κ2) is 15.9. The smallest absolute Gasteiger partial charge is 0.303 e. The Bertz CT molecular complexity index is 1310. The average molecular weight is 621 g/mol. The standard InChI is InChI=1S/C36H44O9/c1-23-30(39-20-27-14-8-5-9-15-27)31(40-21-28-16-10-6-11-17-28)25(3)43-36(23)45-33-32(41-22-29-18-12-7-13-19-29)24(2)42-35(38)34(33)44-26(4)37/h5-19,23-25,30-36,38H,20-22H2,1-4H3/t23?,24?,25?,30-,31+,32+,33+,34?,35?,36+/m1/s1. The number of aliphatic hydroxyl groups excluding tert-OH is 1. The summed E-state index contributed by atoms with van der Waals surface area (Å²) in [5.41, 5.74) is 3.04. The van der Waals surface area contributed by atoms with E-state index in [9.17, 15) is 9.90 Å². The molecule has 5 unspecified atom stereocenters. The maximum Gasteiger partial charge on any atom is 0.303 e. The Balaban J connectivity index is 1.38. The highest BCUT2D eigenvalue weighted by Gasteiger charge is 2.51. The summed E-state index contributed by atoms with van der Waals surface area (Å²) in [6.45, 7) is 8.06. The van der Waals surface area contributed by atoms with Gasteiger partial charge in [0.2, 0.25) is 0 Å². The molecule has 0 aromatic heterocycles. The molecule has 0 bridgehead atoms. The van der Waals surface area contributed by atoms with Crippen LogP contribution in [0.4, 0.5) is 0 Å². The number of hydrogen-bond acceptors (Lipinski definition) is 9. The first-order valence-corrected chi connectivity index (χ1v) is 15.6. The van der Waals surface area contributed by atoms with Crippen molar-refractivity contribution in [2.75, 3.05) is 0 Å². The highest BCUT2D eigenvalue weighted by atomic mass is 16.7. The van der Waals surface area contributed by atoms with Gasteiger partial charge < -0.3 is 38.3 Å². The largest absolute Gasteiger partial charge is 0.454 e. The Labute approximate surface area is 265 Å². The van der Waals surface area contributed by atoms with E-state index in [1.165, 1.54) is 6.92 Å². The van der Waals surface area contributed by atoms with E-state index in [-0.39, 0.29) is 12.5 Å². The minimum absolute atomic E-state index is 0.275. The van der Waals surface area contributed by atoms with Crippen molar-refractivity contribution < 1.29 is 43.1 Å². The normalized spacial score (nSPS) is 31.8. The molecular formula is C36H44O9. The molecule has 3 aromatic carbocycles. The second-order valence-corrected chi connectivity index (χ2v) is 11.8. The van der Waals surface area contributed by atoms with Crippen molar-refractivity contribution in [1.82, 2.24) is 0 Å². The fourth-order valence-corrected chi connectivity index (χ4v) is 5.92. The third-order valence-electron chi connectivity index (χ3n) is 8.28. The van der Waals surface area contributed by atoms with Gasteiger partial charge in [0.05, 0.1) is 38.1 Å². The van der Waals surface area contributed by atoms with Crippen LogP contribution in [-0.2, 0) is 57.8 Å². The van der Waals surface area contributed by atoms with Gasteiger partial charge in [0.25, 0.3) is 0 Å². The highest BCUT2D eigenvalue weighted by Crippen LogP contribution is 2.36. The van der Waals surface area contributed by atoms with Crippen LogP contribution < -0.4 is 0 Å². The van der Waals surface area contributed by atoms with Crippen LogP contribution in [-0.4, -0.2) is 66.4 Å². The van der Waals surface area contributed by atoms with E-state index in [2.05, 4.69) is 0 Å². The van der Waals surface area contributed by atoms with Crippen molar-refractivity contribution in [2.24, 2.45) is 5.92 Å². The molecule has 0 amide bonds. The summed E-state index contributed by atoms with van der Waals surface area (Å²) in [5, 5.41) is 10.9. The van der Waals surface area contributed by atoms with Crippen LogP contribution in [0.2, 0.25) is 0 Å². The zero-order chi connectivity index (χ0) is 31.8. The number of hydrogen-bond donors (Lipinski definition) is 1. The zero-order valence-corrected chi connectivity index (χ0v) is 26.3. The maximum atomic E-state index is 12.1. The molecule has 45 heavy (non-hydrogen) atoms. The molecule has 2 aliphatic heterocycles. The van der Waals surface area contributed by atoms with Crippen LogP contribution in [0.1, 0.15) is 44.4 Å². The molecular weight excluding hydrogens is 576 g/mol. The lowest BCUT2D eigenvalue weighted by Crippen LogP contribution is -2.63. The molecule has 5 rings (SSSR count). The fraction of sp³-hybridized carbons (Fsp3) is 0.472. The van der Waals surface area contributed by atoms with Crippen LogP contribution in [0.3, 0.4) is 0 Å². The van der Waals surface area contributed by atoms with E-state index in [1.807, 2.05) is 105 Å². The molecule has 9 nitrogen and oxygen atoms in total. The molecule has 2 heterocycles.